The van der Waals surface area contributed by atoms with Gasteiger partial charge < -0.3 is 24.1 Å². The molecule has 3 heterocycles. The minimum Gasteiger partial charge on any atom is -0.497 e. The molecule has 19 nitrogen and oxygen atoms in total. The normalized spacial score (nSPS) is 15.4. The van der Waals surface area contributed by atoms with Crippen molar-refractivity contribution in [2.24, 2.45) is 0 Å². The number of carbonyl (C=O) groups is 3. The van der Waals surface area contributed by atoms with Crippen LogP contribution < -0.4 is 14.4 Å². The molecule has 5 aromatic carbocycles. The van der Waals surface area contributed by atoms with Crippen LogP contribution >= 0.6 is 0 Å². The highest BCUT2D eigenvalue weighted by Crippen LogP contribution is 2.43. The van der Waals surface area contributed by atoms with Crippen LogP contribution in [-0.4, -0.2) is 134 Å². The number of sulfonamides is 2. The summed E-state index contributed by atoms with van der Waals surface area (Å²) in [6, 6.07) is 34.7. The molecule has 1 saturated heterocycles. The predicted octanol–water partition coefficient (Wildman–Crippen LogP) is 9.06. The summed E-state index contributed by atoms with van der Waals surface area (Å²) in [4.78, 5) is 44.1. The summed E-state index contributed by atoms with van der Waals surface area (Å²) in [5.41, 5.74) is 2.81. The first-order valence-electron chi connectivity index (χ1n) is 26.5. The fourth-order valence-corrected chi connectivity index (χ4v) is 14.3. The number of imide groups is 1. The summed E-state index contributed by atoms with van der Waals surface area (Å²) >= 11 is 0. The smallest absolute Gasteiger partial charge is 0.407 e. The number of ether oxygens (including phenoxy) is 1. The number of hydrogen-bond acceptors (Lipinski definition) is 13. The van der Waals surface area contributed by atoms with Crippen LogP contribution in [-0.2, 0) is 44.1 Å². The van der Waals surface area contributed by atoms with Crippen LogP contribution in [0.25, 0.3) is 11.4 Å². The van der Waals surface area contributed by atoms with Crippen LogP contribution in [0.15, 0.2) is 143 Å². The minimum absolute atomic E-state index is 0.000140. The molecule has 0 spiro atoms. The third-order valence-electron chi connectivity index (χ3n) is 14.8. The van der Waals surface area contributed by atoms with E-state index in [9.17, 15) is 19.5 Å². The van der Waals surface area contributed by atoms with Gasteiger partial charge in [0.1, 0.15) is 15.5 Å². The molecule has 22 heteroatoms. The number of methoxy groups -OCH3 is 1. The lowest BCUT2D eigenvalue weighted by molar-refractivity contribution is 0.0613. The average molecular weight is 1150 g/mol. The lowest BCUT2D eigenvalue weighted by atomic mass is 10.0. The van der Waals surface area contributed by atoms with Crippen molar-refractivity contribution in [1.82, 2.24) is 39.0 Å². The number of carboxylic acid groups (broad SMARTS) is 1. The largest absolute Gasteiger partial charge is 0.497 e. The Hall–Kier alpha value is -7.08. The quantitative estimate of drug-likeness (QED) is 0.0390. The van der Waals surface area contributed by atoms with E-state index < -0.39 is 74.3 Å². The molecular weight excluding hydrogens is 1070 g/mol. The van der Waals surface area contributed by atoms with Gasteiger partial charge in [0.25, 0.3) is 11.8 Å². The van der Waals surface area contributed by atoms with E-state index in [0.29, 0.717) is 53.1 Å². The summed E-state index contributed by atoms with van der Waals surface area (Å²) in [5.74, 6) is -0.341. The Labute approximate surface area is 470 Å². The Morgan fingerprint density at radius 1 is 0.812 bits per heavy atom. The molecule has 0 aliphatic carbocycles. The molecule has 80 heavy (non-hydrogen) atoms. The standard InChI is InChI=1S/C58H71N9O10S2Si/c1-57(2,3)66(56(70)71)40-46(77-80(8,9)58(4,5)6)35-59-78(72,73)50-31-30-49(63-33-18-23-43(36-63)32-34-65-54(68)47-24-16-17-25-48(47)55(65)69)51(53-60-62-67(61-53)39-44-26-28-45(76-7)29-27-44)52(50)79(74,75)64(37-41-19-12-10-13-20-41)38-42-21-14-11-15-22-42/h10-17,19-22,24-32,46,59H,18,23,33-40H2,1-9H3,(H,70,71)/b43-32-/t46-/m0/s1. The van der Waals surface area contributed by atoms with Gasteiger partial charge in [0.2, 0.25) is 25.9 Å². The van der Waals surface area contributed by atoms with Crippen LogP contribution in [0.3, 0.4) is 0 Å². The zero-order valence-corrected chi connectivity index (χ0v) is 49.4. The van der Waals surface area contributed by atoms with Gasteiger partial charge in [0.05, 0.1) is 43.0 Å². The number of nitrogens with zero attached hydrogens (tertiary/aromatic N) is 8. The van der Waals surface area contributed by atoms with Gasteiger partial charge in [0, 0.05) is 50.5 Å². The summed E-state index contributed by atoms with van der Waals surface area (Å²) in [7, 11) is -11.0. The molecule has 2 aliphatic rings. The number of anilines is 1. The van der Waals surface area contributed by atoms with Crippen molar-refractivity contribution in [3.63, 3.8) is 0 Å². The Kier molecular flexibility index (Phi) is 17.7. The number of benzene rings is 5. The number of hydrogen-bond donors (Lipinski definition) is 2. The van der Waals surface area contributed by atoms with Gasteiger partial charge in [-0.25, -0.2) is 26.4 Å². The van der Waals surface area contributed by atoms with Crippen LogP contribution in [0, 0.1) is 0 Å². The van der Waals surface area contributed by atoms with Crippen molar-refractivity contribution in [2.45, 2.75) is 114 Å². The van der Waals surface area contributed by atoms with E-state index in [-0.39, 0.29) is 55.7 Å². The second-order valence-corrected chi connectivity index (χ2v) is 31.0. The minimum atomic E-state index is -4.97. The molecule has 3 amide bonds. The highest BCUT2D eigenvalue weighted by Gasteiger charge is 2.43. The monoisotopic (exact) mass is 1150 g/mol. The van der Waals surface area contributed by atoms with Crippen molar-refractivity contribution >= 4 is 52.0 Å². The first-order valence-corrected chi connectivity index (χ1v) is 32.3. The van der Waals surface area contributed by atoms with Crippen molar-refractivity contribution in [3.8, 4) is 17.1 Å². The molecule has 0 saturated carbocycles. The summed E-state index contributed by atoms with van der Waals surface area (Å²) < 4.78 is 80.0. The third-order valence-corrected chi connectivity index (χ3v) is 22.9. The SMILES string of the molecule is COc1ccc(Cn2nnc(-c3c(N4CCC/C(=C/CN5C(=O)c6ccccc6C5=O)C4)ccc(S(=O)(=O)NC[C@@H](CN(C(=O)O)C(C)(C)C)O[Si](C)(C)C(C)(C)C)c3S(=O)(=O)N(Cc3ccccc3)Cc3ccccc3)n2)cc1. The zero-order valence-electron chi connectivity index (χ0n) is 46.8. The maximum atomic E-state index is 16.4. The Bertz CT molecular complexity index is 3400. The molecule has 6 aromatic rings. The number of carbonyl (C=O) groups excluding carboxylic acids is 2. The number of tetrazole rings is 1. The Morgan fingerprint density at radius 2 is 1.40 bits per heavy atom. The van der Waals surface area contributed by atoms with E-state index in [1.165, 1.54) is 25.0 Å². The van der Waals surface area contributed by atoms with Gasteiger partial charge in [-0.3, -0.25) is 14.5 Å². The zero-order chi connectivity index (χ0) is 57.8. The maximum Gasteiger partial charge on any atom is 0.407 e. The molecule has 2 N–H and O–H groups in total. The van der Waals surface area contributed by atoms with E-state index in [1.54, 1.807) is 119 Å². The van der Waals surface area contributed by atoms with Crippen molar-refractivity contribution < 1.29 is 45.5 Å². The average Bonchev–Trinajstić information content (AvgIpc) is 4.00. The van der Waals surface area contributed by atoms with Crippen LogP contribution in [0.1, 0.15) is 91.8 Å². The highest BCUT2D eigenvalue weighted by atomic mass is 32.2. The van der Waals surface area contributed by atoms with Gasteiger partial charge in [-0.05, 0) is 110 Å². The van der Waals surface area contributed by atoms with Crippen LogP contribution in [0.4, 0.5) is 10.5 Å². The fraction of sp³-hybridized carbons (Fsp3) is 0.379. The van der Waals surface area contributed by atoms with Gasteiger partial charge >= 0.3 is 6.09 Å². The summed E-state index contributed by atoms with van der Waals surface area (Å²) in [6.07, 6.45) is 0.779. The second-order valence-electron chi connectivity index (χ2n) is 22.6. The number of rotatable bonds is 21. The summed E-state index contributed by atoms with van der Waals surface area (Å²) in [6.45, 7) is 15.0. The fourth-order valence-electron chi connectivity index (χ4n) is 9.49. The molecule has 1 fully saturated rings. The number of amides is 3. The number of aromatic nitrogens is 4. The highest BCUT2D eigenvalue weighted by molar-refractivity contribution is 7.92. The van der Waals surface area contributed by atoms with E-state index in [1.807, 2.05) is 69.1 Å². The molecule has 424 valence electrons. The van der Waals surface area contributed by atoms with Crippen LogP contribution in [0.5, 0.6) is 5.75 Å². The Balaban J connectivity index is 1.31. The number of piperidine rings is 1. The van der Waals surface area contributed by atoms with Gasteiger partial charge in [-0.2, -0.15) is 9.10 Å². The first kappa shape index (κ1) is 59.0. The predicted molar refractivity (Wildman–Crippen MR) is 308 cm³/mol. The second kappa shape index (κ2) is 23.9. The van der Waals surface area contributed by atoms with Gasteiger partial charge in [-0.1, -0.05) is 117 Å². The topological polar surface area (TPSA) is 227 Å². The van der Waals surface area contributed by atoms with E-state index in [4.69, 9.17) is 14.3 Å². The van der Waals surface area contributed by atoms with Crippen LogP contribution in [0.2, 0.25) is 18.1 Å². The van der Waals surface area contributed by atoms with E-state index >= 15 is 16.8 Å². The van der Waals surface area contributed by atoms with Gasteiger partial charge in [-0.15, -0.1) is 10.2 Å². The van der Waals surface area contributed by atoms with E-state index in [0.717, 1.165) is 11.1 Å². The maximum absolute atomic E-state index is 16.4. The van der Waals surface area contributed by atoms with Gasteiger partial charge in [0.15, 0.2) is 8.32 Å². The summed E-state index contributed by atoms with van der Waals surface area (Å²) in [5, 5.41) is 23.8. The van der Waals surface area contributed by atoms with Crippen molar-refractivity contribution in [3.05, 3.63) is 161 Å². The first-order chi connectivity index (χ1) is 37.8. The molecule has 0 radical (unpaired) electrons. The molecule has 8 rings (SSSR count). The molecule has 0 unspecified atom stereocenters. The number of nitrogens with one attached hydrogen (secondary N) is 1. The third kappa shape index (κ3) is 13.4. The molecule has 1 aromatic heterocycles. The molecule has 0 bridgehead atoms. The Morgan fingerprint density at radius 3 is 1.95 bits per heavy atom. The molecular formula is C58H71N9O10S2Si. The molecule has 1 atom stereocenters. The number of fused-ring (bicyclic) bond motifs is 1. The lowest BCUT2D eigenvalue weighted by Gasteiger charge is -2.42. The lowest BCUT2D eigenvalue weighted by Crippen LogP contribution is -2.55. The van der Waals surface area contributed by atoms with Crippen molar-refractivity contribution in [2.75, 3.05) is 44.7 Å². The van der Waals surface area contributed by atoms with E-state index in [2.05, 4.69) is 15.0 Å². The van der Waals surface area contributed by atoms with Crippen molar-refractivity contribution in [1.29, 1.82) is 0 Å². The molecule has 2 aliphatic heterocycles.